The standard InChI is InChI=1S/C13H19N5O2/c1-7(2)10-15-12-14-8(11(19)20)6-9(18(12)17-10)16-13(3,4)5/h6-7,16H,1-5H3,(H,19,20). The summed E-state index contributed by atoms with van der Waals surface area (Å²) < 4.78 is 1.55. The van der Waals surface area contributed by atoms with Gasteiger partial charge in [0.1, 0.15) is 5.82 Å². The number of anilines is 1. The second-order valence-corrected chi connectivity index (χ2v) is 6.04. The van der Waals surface area contributed by atoms with Crippen LogP contribution in [0.2, 0.25) is 0 Å². The Balaban J connectivity index is 2.65. The molecule has 2 N–H and O–H groups in total. The van der Waals surface area contributed by atoms with Gasteiger partial charge in [-0.05, 0) is 20.8 Å². The zero-order valence-corrected chi connectivity index (χ0v) is 12.3. The van der Waals surface area contributed by atoms with Gasteiger partial charge in [-0.2, -0.15) is 9.50 Å². The molecule has 0 unspecified atom stereocenters. The molecule has 0 saturated heterocycles. The fourth-order valence-corrected chi connectivity index (χ4v) is 1.71. The average molecular weight is 277 g/mol. The molecular formula is C13H19N5O2. The van der Waals surface area contributed by atoms with Crippen molar-refractivity contribution in [3.8, 4) is 0 Å². The highest BCUT2D eigenvalue weighted by atomic mass is 16.4. The van der Waals surface area contributed by atoms with Gasteiger partial charge in [-0.1, -0.05) is 13.8 Å². The molecule has 0 aliphatic heterocycles. The lowest BCUT2D eigenvalue weighted by Crippen LogP contribution is -2.28. The zero-order chi connectivity index (χ0) is 15.1. The Hall–Kier alpha value is -2.18. The molecule has 2 rings (SSSR count). The lowest BCUT2D eigenvalue weighted by molar-refractivity contribution is 0.0690. The van der Waals surface area contributed by atoms with Crippen molar-refractivity contribution in [1.29, 1.82) is 0 Å². The molecule has 0 bridgehead atoms. The van der Waals surface area contributed by atoms with E-state index in [-0.39, 0.29) is 17.2 Å². The molecule has 0 radical (unpaired) electrons. The van der Waals surface area contributed by atoms with Crippen LogP contribution in [0, 0.1) is 0 Å². The minimum Gasteiger partial charge on any atom is -0.477 e. The number of fused-ring (bicyclic) bond motifs is 1. The summed E-state index contributed by atoms with van der Waals surface area (Å²) >= 11 is 0. The first-order chi connectivity index (χ1) is 9.17. The third-order valence-electron chi connectivity index (χ3n) is 2.57. The summed E-state index contributed by atoms with van der Waals surface area (Å²) in [5.41, 5.74) is -0.277. The van der Waals surface area contributed by atoms with Gasteiger partial charge in [-0.25, -0.2) is 9.78 Å². The Labute approximate surface area is 117 Å². The van der Waals surface area contributed by atoms with Crippen LogP contribution >= 0.6 is 0 Å². The van der Waals surface area contributed by atoms with E-state index in [0.717, 1.165) is 0 Å². The molecule has 0 aliphatic rings. The van der Waals surface area contributed by atoms with E-state index in [1.165, 1.54) is 6.07 Å². The average Bonchev–Trinajstić information content (AvgIpc) is 2.70. The number of aromatic nitrogens is 4. The molecule has 108 valence electrons. The molecule has 2 aromatic rings. The van der Waals surface area contributed by atoms with Crippen molar-refractivity contribution in [3.05, 3.63) is 17.6 Å². The lowest BCUT2D eigenvalue weighted by atomic mass is 10.1. The number of carboxylic acids is 1. The molecule has 0 aliphatic carbocycles. The molecule has 20 heavy (non-hydrogen) atoms. The van der Waals surface area contributed by atoms with Crippen LogP contribution in [0.4, 0.5) is 5.82 Å². The summed E-state index contributed by atoms with van der Waals surface area (Å²) in [4.78, 5) is 19.5. The van der Waals surface area contributed by atoms with Crippen LogP contribution in [0.1, 0.15) is 56.8 Å². The summed E-state index contributed by atoms with van der Waals surface area (Å²) in [6.45, 7) is 9.91. The summed E-state index contributed by atoms with van der Waals surface area (Å²) in [6.07, 6.45) is 0. The Morgan fingerprint density at radius 2 is 2.00 bits per heavy atom. The summed E-state index contributed by atoms with van der Waals surface area (Å²) in [7, 11) is 0. The normalized spacial score (nSPS) is 12.1. The van der Waals surface area contributed by atoms with Gasteiger partial charge in [0, 0.05) is 17.5 Å². The Kier molecular flexibility index (Phi) is 3.37. The maximum atomic E-state index is 11.2. The first-order valence-electron chi connectivity index (χ1n) is 6.46. The molecule has 2 aromatic heterocycles. The summed E-state index contributed by atoms with van der Waals surface area (Å²) in [5.74, 6) is 0.558. The third-order valence-corrected chi connectivity index (χ3v) is 2.57. The smallest absolute Gasteiger partial charge is 0.354 e. The van der Waals surface area contributed by atoms with Gasteiger partial charge in [0.25, 0.3) is 5.78 Å². The predicted molar refractivity (Wildman–Crippen MR) is 75.2 cm³/mol. The minimum atomic E-state index is -1.08. The highest BCUT2D eigenvalue weighted by Gasteiger charge is 2.19. The second-order valence-electron chi connectivity index (χ2n) is 6.04. The zero-order valence-electron chi connectivity index (χ0n) is 12.3. The van der Waals surface area contributed by atoms with Crippen LogP contribution in [0.5, 0.6) is 0 Å². The molecule has 0 saturated carbocycles. The Morgan fingerprint density at radius 3 is 2.50 bits per heavy atom. The van der Waals surface area contributed by atoms with E-state index in [1.54, 1.807) is 4.52 Å². The number of hydrogen-bond donors (Lipinski definition) is 2. The van der Waals surface area contributed by atoms with E-state index in [2.05, 4.69) is 20.4 Å². The highest BCUT2D eigenvalue weighted by Crippen LogP contribution is 2.19. The van der Waals surface area contributed by atoms with Crippen molar-refractivity contribution in [3.63, 3.8) is 0 Å². The number of aromatic carboxylic acids is 1. The number of nitrogens with one attached hydrogen (secondary N) is 1. The number of rotatable bonds is 3. The van der Waals surface area contributed by atoms with Gasteiger partial charge < -0.3 is 10.4 Å². The molecule has 0 aromatic carbocycles. The van der Waals surface area contributed by atoms with Crippen molar-refractivity contribution in [2.24, 2.45) is 0 Å². The quantitative estimate of drug-likeness (QED) is 0.893. The molecule has 0 fully saturated rings. The van der Waals surface area contributed by atoms with Crippen LogP contribution < -0.4 is 5.32 Å². The molecule has 0 spiro atoms. The van der Waals surface area contributed by atoms with E-state index in [9.17, 15) is 4.79 Å². The van der Waals surface area contributed by atoms with E-state index in [0.29, 0.717) is 17.4 Å². The van der Waals surface area contributed by atoms with Gasteiger partial charge in [0.05, 0.1) is 0 Å². The maximum Gasteiger partial charge on any atom is 0.354 e. The fraction of sp³-hybridized carbons (Fsp3) is 0.538. The number of hydrogen-bond acceptors (Lipinski definition) is 5. The lowest BCUT2D eigenvalue weighted by Gasteiger charge is -2.22. The van der Waals surface area contributed by atoms with Crippen molar-refractivity contribution in [1.82, 2.24) is 19.6 Å². The van der Waals surface area contributed by atoms with Gasteiger partial charge in [0.15, 0.2) is 11.5 Å². The largest absolute Gasteiger partial charge is 0.477 e. The first kappa shape index (κ1) is 14.2. The summed E-state index contributed by atoms with van der Waals surface area (Å²) in [5, 5.41) is 16.7. The first-order valence-corrected chi connectivity index (χ1v) is 6.46. The maximum absolute atomic E-state index is 11.2. The van der Waals surface area contributed by atoms with E-state index in [1.807, 2.05) is 34.6 Å². The van der Waals surface area contributed by atoms with E-state index < -0.39 is 5.97 Å². The van der Waals surface area contributed by atoms with Crippen LogP contribution in [0.15, 0.2) is 6.07 Å². The summed E-state index contributed by atoms with van der Waals surface area (Å²) in [6, 6.07) is 1.47. The second kappa shape index (κ2) is 4.73. The number of nitrogens with zero attached hydrogens (tertiary/aromatic N) is 4. The number of carboxylic acid groups (broad SMARTS) is 1. The molecule has 7 heteroatoms. The SMILES string of the molecule is CC(C)c1nc2nc(C(=O)O)cc(NC(C)(C)C)n2n1. The highest BCUT2D eigenvalue weighted by molar-refractivity contribution is 5.86. The van der Waals surface area contributed by atoms with Crippen molar-refractivity contribution < 1.29 is 9.90 Å². The molecule has 7 nitrogen and oxygen atoms in total. The van der Waals surface area contributed by atoms with E-state index >= 15 is 0 Å². The molecular weight excluding hydrogens is 258 g/mol. The van der Waals surface area contributed by atoms with Gasteiger partial charge in [0.2, 0.25) is 0 Å². The van der Waals surface area contributed by atoms with Crippen LogP contribution in [-0.4, -0.2) is 36.2 Å². The molecule has 0 atom stereocenters. The van der Waals surface area contributed by atoms with E-state index in [4.69, 9.17) is 5.11 Å². The van der Waals surface area contributed by atoms with Crippen LogP contribution in [0.3, 0.4) is 0 Å². The monoisotopic (exact) mass is 277 g/mol. The van der Waals surface area contributed by atoms with Crippen molar-refractivity contribution in [2.75, 3.05) is 5.32 Å². The fourth-order valence-electron chi connectivity index (χ4n) is 1.71. The molecule has 2 heterocycles. The van der Waals surface area contributed by atoms with Gasteiger partial charge >= 0.3 is 5.97 Å². The topological polar surface area (TPSA) is 92.4 Å². The third kappa shape index (κ3) is 2.87. The Bertz CT molecular complexity index is 655. The predicted octanol–water partition coefficient (Wildman–Crippen LogP) is 2.16. The van der Waals surface area contributed by atoms with Crippen molar-refractivity contribution >= 4 is 17.6 Å². The number of carbonyl (C=O) groups is 1. The van der Waals surface area contributed by atoms with Crippen LogP contribution in [0.25, 0.3) is 5.78 Å². The van der Waals surface area contributed by atoms with Gasteiger partial charge in [-0.3, -0.25) is 0 Å². The van der Waals surface area contributed by atoms with Crippen LogP contribution in [-0.2, 0) is 0 Å². The Morgan fingerprint density at radius 1 is 1.35 bits per heavy atom. The van der Waals surface area contributed by atoms with Gasteiger partial charge in [-0.15, -0.1) is 5.10 Å². The minimum absolute atomic E-state index is 0.0491. The van der Waals surface area contributed by atoms with Crippen molar-refractivity contribution in [2.45, 2.75) is 46.1 Å². The molecule has 0 amide bonds.